The fourth-order valence-electron chi connectivity index (χ4n) is 3.41. The minimum absolute atomic E-state index is 0. The Labute approximate surface area is 222 Å². The molecule has 1 N–H and O–H groups in total. The van der Waals surface area contributed by atoms with Crippen molar-refractivity contribution in [3.05, 3.63) is 71.1 Å². The van der Waals surface area contributed by atoms with E-state index >= 15 is 0 Å². The highest BCUT2D eigenvalue weighted by molar-refractivity contribution is 6.30. The molecule has 0 aliphatic heterocycles. The second kappa shape index (κ2) is 12.7. The van der Waals surface area contributed by atoms with Gasteiger partial charge in [-0.05, 0) is 62.5 Å². The number of nitrogens with one attached hydrogen (secondary N) is 1. The third-order valence-corrected chi connectivity index (χ3v) is 5.60. The van der Waals surface area contributed by atoms with Gasteiger partial charge in [0, 0.05) is 30.8 Å². The summed E-state index contributed by atoms with van der Waals surface area (Å²) in [6.45, 7) is 4.06. The smallest absolute Gasteiger partial charge is 0.168 e. The molecule has 0 amide bonds. The first kappa shape index (κ1) is 28.3. The number of hydrazone groups is 1. The highest BCUT2D eigenvalue weighted by Crippen LogP contribution is 2.23. The number of rotatable bonds is 8. The molecule has 0 saturated carbocycles. The van der Waals surface area contributed by atoms with Crippen LogP contribution < -0.4 is 10.3 Å². The summed E-state index contributed by atoms with van der Waals surface area (Å²) in [5, 5.41) is 10.3. The summed E-state index contributed by atoms with van der Waals surface area (Å²) in [6.07, 6.45) is 5.01. The zero-order chi connectivity index (χ0) is 23.4. The third-order valence-electron chi connectivity index (χ3n) is 5.37. The molecular formula is C24H29Cl3N8. The summed E-state index contributed by atoms with van der Waals surface area (Å²) in [7, 11) is 6.27. The molecule has 0 unspecified atom stereocenters. The maximum absolute atomic E-state index is 6.13. The van der Waals surface area contributed by atoms with Crippen LogP contribution in [0.3, 0.4) is 0 Å². The average molecular weight is 536 g/mol. The van der Waals surface area contributed by atoms with Gasteiger partial charge < -0.3 is 9.80 Å². The Hall–Kier alpha value is -2.91. The van der Waals surface area contributed by atoms with E-state index in [1.165, 1.54) is 12.0 Å². The molecule has 35 heavy (non-hydrogen) atoms. The van der Waals surface area contributed by atoms with Crippen LogP contribution in [0.4, 0.5) is 11.5 Å². The maximum Gasteiger partial charge on any atom is 0.168 e. The van der Waals surface area contributed by atoms with Crippen LogP contribution in [-0.2, 0) is 0 Å². The molecule has 0 aliphatic carbocycles. The number of fused-ring (bicyclic) bond motifs is 1. The molecule has 0 radical (unpaired) electrons. The minimum Gasteiger partial charge on any atom is -0.373 e. The fourth-order valence-corrected chi connectivity index (χ4v) is 3.60. The number of aryl methyl sites for hydroxylation is 1. The van der Waals surface area contributed by atoms with Gasteiger partial charge in [-0.15, -0.1) is 24.8 Å². The van der Waals surface area contributed by atoms with Crippen molar-refractivity contribution >= 4 is 65.2 Å². The zero-order valence-electron chi connectivity index (χ0n) is 20.0. The largest absolute Gasteiger partial charge is 0.373 e. The summed E-state index contributed by atoms with van der Waals surface area (Å²) in [4.78, 5) is 13.1. The second-order valence-corrected chi connectivity index (χ2v) is 8.57. The Balaban J connectivity index is 0.00000216. The topological polar surface area (TPSA) is 74.5 Å². The van der Waals surface area contributed by atoms with Gasteiger partial charge in [-0.2, -0.15) is 10.2 Å². The minimum atomic E-state index is 0. The molecule has 4 aromatic rings. The Bertz CT molecular complexity index is 1290. The standard InChI is InChI=1S/C24H27ClN8.2ClH/c1-17-12-20(32(4)11-10-31(2)3)9-8-18(17)14-28-30-23-22-15-29-33(24(22)27-16-26-23)21-7-5-6-19(25)13-21;;/h5-9,12-16H,10-11H2,1-4H3,(H,26,27,30);2*1H. The van der Waals surface area contributed by atoms with Crippen LogP contribution in [0.2, 0.25) is 5.02 Å². The molecule has 2 aromatic heterocycles. The van der Waals surface area contributed by atoms with Gasteiger partial charge in [0.25, 0.3) is 0 Å². The van der Waals surface area contributed by atoms with E-state index in [4.69, 9.17) is 11.6 Å². The van der Waals surface area contributed by atoms with Crippen molar-refractivity contribution in [1.29, 1.82) is 0 Å². The molecule has 2 heterocycles. The molecule has 0 fully saturated rings. The van der Waals surface area contributed by atoms with Crippen LogP contribution >= 0.6 is 36.4 Å². The van der Waals surface area contributed by atoms with Gasteiger partial charge in [-0.3, -0.25) is 5.43 Å². The fraction of sp³-hybridized carbons (Fsp3) is 0.250. The van der Waals surface area contributed by atoms with Gasteiger partial charge in [-0.1, -0.05) is 23.7 Å². The molecule has 0 atom stereocenters. The van der Waals surface area contributed by atoms with Gasteiger partial charge in [-0.25, -0.2) is 14.6 Å². The van der Waals surface area contributed by atoms with Gasteiger partial charge in [0.2, 0.25) is 0 Å². The molecule has 0 aliphatic rings. The predicted molar refractivity (Wildman–Crippen MR) is 150 cm³/mol. The van der Waals surface area contributed by atoms with Crippen LogP contribution in [0.15, 0.2) is 60.1 Å². The molecular weight excluding hydrogens is 507 g/mol. The summed E-state index contributed by atoms with van der Waals surface area (Å²) in [5.41, 5.74) is 7.91. The lowest BCUT2D eigenvalue weighted by Crippen LogP contribution is -2.28. The number of halogens is 3. The Morgan fingerprint density at radius 1 is 1.06 bits per heavy atom. The second-order valence-electron chi connectivity index (χ2n) is 8.13. The van der Waals surface area contributed by atoms with E-state index in [9.17, 15) is 0 Å². The van der Waals surface area contributed by atoms with Crippen LogP contribution in [0.25, 0.3) is 16.7 Å². The van der Waals surface area contributed by atoms with E-state index in [-0.39, 0.29) is 24.8 Å². The van der Waals surface area contributed by atoms with E-state index in [1.807, 2.05) is 24.3 Å². The van der Waals surface area contributed by atoms with Gasteiger partial charge >= 0.3 is 0 Å². The number of likely N-dealkylation sites (N-methyl/N-ethyl adjacent to an activating group) is 2. The number of anilines is 2. The van der Waals surface area contributed by atoms with Crippen molar-refractivity contribution in [2.24, 2.45) is 5.10 Å². The Morgan fingerprint density at radius 2 is 1.86 bits per heavy atom. The van der Waals surface area contributed by atoms with Crippen molar-refractivity contribution in [1.82, 2.24) is 24.6 Å². The monoisotopic (exact) mass is 534 g/mol. The molecule has 0 saturated heterocycles. The molecule has 11 heteroatoms. The number of aromatic nitrogens is 4. The van der Waals surface area contributed by atoms with E-state index in [0.717, 1.165) is 35.3 Å². The first-order valence-electron chi connectivity index (χ1n) is 10.6. The molecule has 0 bridgehead atoms. The van der Waals surface area contributed by atoms with Crippen molar-refractivity contribution in [2.75, 3.05) is 44.6 Å². The molecule has 8 nitrogen and oxygen atoms in total. The summed E-state index contributed by atoms with van der Waals surface area (Å²) >= 11 is 6.13. The van der Waals surface area contributed by atoms with Gasteiger partial charge in [0.1, 0.15) is 6.33 Å². The average Bonchev–Trinajstić information content (AvgIpc) is 3.23. The van der Waals surface area contributed by atoms with Gasteiger partial charge in [0.15, 0.2) is 11.5 Å². The predicted octanol–water partition coefficient (Wildman–Crippen LogP) is 5.06. The van der Waals surface area contributed by atoms with E-state index in [1.54, 1.807) is 17.1 Å². The zero-order valence-corrected chi connectivity index (χ0v) is 22.4. The quantitative estimate of drug-likeness (QED) is 0.251. The van der Waals surface area contributed by atoms with Crippen molar-refractivity contribution < 1.29 is 0 Å². The van der Waals surface area contributed by atoms with Gasteiger partial charge in [0.05, 0.1) is 23.5 Å². The highest BCUT2D eigenvalue weighted by Gasteiger charge is 2.11. The third kappa shape index (κ3) is 6.82. The summed E-state index contributed by atoms with van der Waals surface area (Å²) in [6, 6.07) is 13.8. The Kier molecular flexibility index (Phi) is 10.3. The first-order valence-corrected chi connectivity index (χ1v) is 11.0. The van der Waals surface area contributed by atoms with Crippen molar-refractivity contribution in [3.8, 4) is 5.69 Å². The first-order chi connectivity index (χ1) is 15.9. The van der Waals surface area contributed by atoms with Crippen LogP contribution in [0.1, 0.15) is 11.1 Å². The van der Waals surface area contributed by atoms with E-state index in [0.29, 0.717) is 16.5 Å². The van der Waals surface area contributed by atoms with Crippen molar-refractivity contribution in [2.45, 2.75) is 6.92 Å². The molecule has 0 spiro atoms. The number of benzene rings is 2. The molecule has 2 aromatic carbocycles. The SMILES string of the molecule is Cc1cc(N(C)CCN(C)C)ccc1C=NNc1ncnc2c1cnn2-c1cccc(Cl)c1.Cl.Cl. The summed E-state index contributed by atoms with van der Waals surface area (Å²) in [5.74, 6) is 0.585. The summed E-state index contributed by atoms with van der Waals surface area (Å²) < 4.78 is 1.73. The number of hydrogen-bond donors (Lipinski definition) is 1. The number of hydrogen-bond acceptors (Lipinski definition) is 7. The number of nitrogens with zero attached hydrogens (tertiary/aromatic N) is 7. The Morgan fingerprint density at radius 3 is 2.57 bits per heavy atom. The van der Waals surface area contributed by atoms with Crippen LogP contribution in [0.5, 0.6) is 0 Å². The van der Waals surface area contributed by atoms with Crippen LogP contribution in [-0.4, -0.2) is 65.1 Å². The highest BCUT2D eigenvalue weighted by atomic mass is 35.5. The molecule has 186 valence electrons. The lowest BCUT2D eigenvalue weighted by atomic mass is 10.1. The van der Waals surface area contributed by atoms with E-state index < -0.39 is 0 Å². The normalized spacial score (nSPS) is 10.9. The van der Waals surface area contributed by atoms with Crippen molar-refractivity contribution in [3.63, 3.8) is 0 Å². The van der Waals surface area contributed by atoms with Crippen LogP contribution in [0, 0.1) is 6.92 Å². The van der Waals surface area contributed by atoms with E-state index in [2.05, 4.69) is 81.7 Å². The molecule has 4 rings (SSSR count). The maximum atomic E-state index is 6.13. The lowest BCUT2D eigenvalue weighted by Gasteiger charge is -2.22. The lowest BCUT2D eigenvalue weighted by molar-refractivity contribution is 0.416.